The highest BCUT2D eigenvalue weighted by molar-refractivity contribution is 9.10. The number of amides is 1. The van der Waals surface area contributed by atoms with Crippen molar-refractivity contribution in [3.05, 3.63) is 64.6 Å². The summed E-state index contributed by atoms with van der Waals surface area (Å²) in [4.78, 5) is 28.5. The monoisotopic (exact) mass is 398 g/mol. The molecule has 1 aromatic heterocycles. The van der Waals surface area contributed by atoms with Crippen LogP contribution in [-0.4, -0.2) is 30.5 Å². The van der Waals surface area contributed by atoms with Crippen LogP contribution in [-0.2, 0) is 9.53 Å². The fourth-order valence-corrected chi connectivity index (χ4v) is 2.82. The molecule has 2 aromatic carbocycles. The van der Waals surface area contributed by atoms with Gasteiger partial charge in [-0.25, -0.2) is 9.78 Å². The third-order valence-corrected chi connectivity index (χ3v) is 4.16. The number of fused-ring (bicyclic) bond motifs is 1. The van der Waals surface area contributed by atoms with Gasteiger partial charge in [0.25, 0.3) is 5.91 Å². The maximum Gasteiger partial charge on any atom is 0.339 e. The molecule has 0 bridgehead atoms. The Balaban J connectivity index is 2.07. The highest BCUT2D eigenvalue weighted by atomic mass is 79.9. The molecule has 0 radical (unpaired) electrons. The van der Waals surface area contributed by atoms with Crippen molar-refractivity contribution >= 4 is 38.7 Å². The van der Waals surface area contributed by atoms with Crippen LogP contribution in [0.25, 0.3) is 22.2 Å². The van der Waals surface area contributed by atoms with Crippen LogP contribution in [0.2, 0.25) is 0 Å². The molecule has 0 saturated heterocycles. The highest BCUT2D eigenvalue weighted by Gasteiger charge is 2.16. The van der Waals surface area contributed by atoms with Gasteiger partial charge in [-0.1, -0.05) is 46.3 Å². The molecule has 1 N–H and O–H groups in total. The molecule has 0 aliphatic carbocycles. The highest BCUT2D eigenvalue weighted by Crippen LogP contribution is 2.27. The Labute approximate surface area is 153 Å². The van der Waals surface area contributed by atoms with Crippen LogP contribution in [0.5, 0.6) is 0 Å². The molecule has 0 atom stereocenters. The number of aromatic nitrogens is 1. The molecule has 1 amide bonds. The first-order valence-corrected chi connectivity index (χ1v) is 8.41. The number of esters is 1. The van der Waals surface area contributed by atoms with Crippen molar-refractivity contribution in [2.45, 2.75) is 0 Å². The predicted octanol–water partition coefficient (Wildman–Crippen LogP) is 3.57. The zero-order valence-corrected chi connectivity index (χ0v) is 15.0. The SMILES string of the molecule is CNC(=O)COC(=O)c1cc(-c2cccc(Br)c2)nc2ccccc12. The summed E-state index contributed by atoms with van der Waals surface area (Å²) in [6, 6.07) is 16.7. The number of pyridine rings is 1. The van der Waals surface area contributed by atoms with Gasteiger partial charge in [0.15, 0.2) is 6.61 Å². The Morgan fingerprint density at radius 3 is 2.68 bits per heavy atom. The summed E-state index contributed by atoms with van der Waals surface area (Å²) in [5.74, 6) is -0.919. The number of rotatable bonds is 4. The van der Waals surface area contributed by atoms with E-state index in [1.165, 1.54) is 7.05 Å². The molecule has 1 heterocycles. The number of nitrogens with zero attached hydrogens (tertiary/aromatic N) is 1. The molecule has 0 unspecified atom stereocenters. The lowest BCUT2D eigenvalue weighted by Gasteiger charge is -2.10. The lowest BCUT2D eigenvalue weighted by molar-refractivity contribution is -0.123. The minimum atomic E-state index is -0.557. The summed E-state index contributed by atoms with van der Waals surface area (Å²) < 4.78 is 6.04. The van der Waals surface area contributed by atoms with Crippen molar-refractivity contribution < 1.29 is 14.3 Å². The second-order valence-corrected chi connectivity index (χ2v) is 6.25. The molecule has 0 spiro atoms. The molecule has 0 fully saturated rings. The molecule has 3 aromatic rings. The fourth-order valence-electron chi connectivity index (χ4n) is 2.42. The Kier molecular flexibility index (Phi) is 5.09. The van der Waals surface area contributed by atoms with Crippen LogP contribution in [0.15, 0.2) is 59.1 Å². The van der Waals surface area contributed by atoms with Crippen LogP contribution in [0.3, 0.4) is 0 Å². The van der Waals surface area contributed by atoms with Gasteiger partial charge in [0.05, 0.1) is 16.8 Å². The number of halogens is 1. The summed E-state index contributed by atoms with van der Waals surface area (Å²) in [6.45, 7) is -0.321. The van der Waals surface area contributed by atoms with Gasteiger partial charge >= 0.3 is 5.97 Å². The summed E-state index contributed by atoms with van der Waals surface area (Å²) in [6.07, 6.45) is 0. The first-order chi connectivity index (χ1) is 12.1. The van der Waals surface area contributed by atoms with Gasteiger partial charge < -0.3 is 10.1 Å². The minimum Gasteiger partial charge on any atom is -0.452 e. The van der Waals surface area contributed by atoms with Crippen LogP contribution < -0.4 is 5.32 Å². The van der Waals surface area contributed by atoms with Crippen LogP contribution in [0, 0.1) is 0 Å². The molecule has 0 saturated carbocycles. The van der Waals surface area contributed by atoms with Crippen molar-refractivity contribution in [1.82, 2.24) is 10.3 Å². The van der Waals surface area contributed by atoms with Crippen LogP contribution in [0.1, 0.15) is 10.4 Å². The Morgan fingerprint density at radius 2 is 1.92 bits per heavy atom. The number of carbonyl (C=O) groups excluding carboxylic acids is 2. The standard InChI is InChI=1S/C19H15BrN2O3/c1-21-18(23)11-25-19(24)15-10-17(12-5-4-6-13(20)9-12)22-16-8-3-2-7-14(15)16/h2-10H,11H2,1H3,(H,21,23). The van der Waals surface area contributed by atoms with Gasteiger partial charge in [0.1, 0.15) is 0 Å². The summed E-state index contributed by atoms with van der Waals surface area (Å²) in [7, 11) is 1.49. The van der Waals surface area contributed by atoms with E-state index in [0.29, 0.717) is 22.2 Å². The van der Waals surface area contributed by atoms with Crippen LogP contribution in [0.4, 0.5) is 0 Å². The molecular formula is C19H15BrN2O3. The maximum atomic E-state index is 12.5. The van der Waals surface area contributed by atoms with E-state index < -0.39 is 5.97 Å². The smallest absolute Gasteiger partial charge is 0.339 e. The molecule has 5 nitrogen and oxygen atoms in total. The average Bonchev–Trinajstić information content (AvgIpc) is 2.64. The lowest BCUT2D eigenvalue weighted by Crippen LogP contribution is -2.25. The predicted molar refractivity (Wildman–Crippen MR) is 99.2 cm³/mol. The topological polar surface area (TPSA) is 68.3 Å². The van der Waals surface area contributed by atoms with E-state index >= 15 is 0 Å². The van der Waals surface area contributed by atoms with Gasteiger partial charge in [-0.15, -0.1) is 0 Å². The van der Waals surface area contributed by atoms with E-state index in [0.717, 1.165) is 10.0 Å². The van der Waals surface area contributed by atoms with E-state index in [-0.39, 0.29) is 12.5 Å². The van der Waals surface area contributed by atoms with E-state index in [4.69, 9.17) is 4.74 Å². The van der Waals surface area contributed by atoms with E-state index in [1.807, 2.05) is 48.5 Å². The van der Waals surface area contributed by atoms with Gasteiger partial charge in [0, 0.05) is 22.5 Å². The van der Waals surface area contributed by atoms with E-state index in [9.17, 15) is 9.59 Å². The Hall–Kier alpha value is -2.73. The number of benzene rings is 2. The molecule has 25 heavy (non-hydrogen) atoms. The molecule has 126 valence electrons. The normalized spacial score (nSPS) is 10.5. The number of likely N-dealkylation sites (N-methyl/N-ethyl adjacent to an activating group) is 1. The van der Waals surface area contributed by atoms with Crippen LogP contribution >= 0.6 is 15.9 Å². The van der Waals surface area contributed by atoms with E-state index in [1.54, 1.807) is 6.07 Å². The number of para-hydroxylation sites is 1. The largest absolute Gasteiger partial charge is 0.452 e. The van der Waals surface area contributed by atoms with Gasteiger partial charge in [-0.05, 0) is 24.3 Å². The molecule has 0 aliphatic rings. The van der Waals surface area contributed by atoms with Crippen molar-refractivity contribution in [2.75, 3.05) is 13.7 Å². The summed E-state index contributed by atoms with van der Waals surface area (Å²) in [5, 5.41) is 3.10. The number of nitrogens with one attached hydrogen (secondary N) is 1. The van der Waals surface area contributed by atoms with Gasteiger partial charge in [-0.3, -0.25) is 4.79 Å². The second-order valence-electron chi connectivity index (χ2n) is 5.33. The van der Waals surface area contributed by atoms with E-state index in [2.05, 4.69) is 26.2 Å². The number of carbonyl (C=O) groups is 2. The first-order valence-electron chi connectivity index (χ1n) is 7.62. The Morgan fingerprint density at radius 1 is 1.12 bits per heavy atom. The molecule has 0 aliphatic heterocycles. The summed E-state index contributed by atoms with van der Waals surface area (Å²) >= 11 is 3.44. The maximum absolute atomic E-state index is 12.5. The van der Waals surface area contributed by atoms with Crippen molar-refractivity contribution in [1.29, 1.82) is 0 Å². The van der Waals surface area contributed by atoms with Gasteiger partial charge in [0.2, 0.25) is 0 Å². The second kappa shape index (κ2) is 7.44. The fraction of sp³-hybridized carbons (Fsp3) is 0.105. The molecular weight excluding hydrogens is 384 g/mol. The van der Waals surface area contributed by atoms with Crippen molar-refractivity contribution in [3.63, 3.8) is 0 Å². The number of hydrogen-bond acceptors (Lipinski definition) is 4. The lowest BCUT2D eigenvalue weighted by atomic mass is 10.0. The molecule has 6 heteroatoms. The van der Waals surface area contributed by atoms with Crippen molar-refractivity contribution in [2.24, 2.45) is 0 Å². The Bertz CT molecular complexity index is 956. The molecule has 3 rings (SSSR count). The minimum absolute atomic E-state index is 0.321. The third kappa shape index (κ3) is 3.85. The number of ether oxygens (including phenoxy) is 1. The summed E-state index contributed by atoms with van der Waals surface area (Å²) in [5.41, 5.74) is 2.60. The quantitative estimate of drug-likeness (QED) is 0.682. The zero-order chi connectivity index (χ0) is 17.8. The third-order valence-electron chi connectivity index (χ3n) is 3.67. The average molecular weight is 399 g/mol. The zero-order valence-electron chi connectivity index (χ0n) is 13.5. The van der Waals surface area contributed by atoms with Gasteiger partial charge in [-0.2, -0.15) is 0 Å². The van der Waals surface area contributed by atoms with Crippen molar-refractivity contribution in [3.8, 4) is 11.3 Å². The number of hydrogen-bond donors (Lipinski definition) is 1. The first kappa shape index (κ1) is 17.1.